The van der Waals surface area contributed by atoms with Gasteiger partial charge < -0.3 is 5.32 Å². The zero-order valence-corrected chi connectivity index (χ0v) is 13.4. The van der Waals surface area contributed by atoms with Crippen LogP contribution in [0, 0.1) is 25.7 Å². The van der Waals surface area contributed by atoms with E-state index in [1.165, 1.54) is 37.7 Å². The first-order valence-electron chi connectivity index (χ1n) is 8.19. The van der Waals surface area contributed by atoms with E-state index in [2.05, 4.69) is 42.4 Å². The lowest BCUT2D eigenvalue weighted by Crippen LogP contribution is -2.32. The van der Waals surface area contributed by atoms with Crippen molar-refractivity contribution >= 4 is 0 Å². The monoisotopic (exact) mass is 275 g/mol. The SMILES string of the molecule is CCNC(c1cc(C)nnc1C)C1CCCC(CC)C1. The average Bonchev–Trinajstić information content (AvgIpc) is 2.47. The fourth-order valence-corrected chi connectivity index (χ4v) is 3.64. The highest BCUT2D eigenvalue weighted by molar-refractivity contribution is 5.24. The van der Waals surface area contributed by atoms with Crippen molar-refractivity contribution in [1.29, 1.82) is 0 Å². The molecule has 0 radical (unpaired) electrons. The normalized spacial score (nSPS) is 24.6. The minimum absolute atomic E-state index is 0.448. The van der Waals surface area contributed by atoms with Crippen molar-refractivity contribution in [3.05, 3.63) is 23.0 Å². The van der Waals surface area contributed by atoms with Gasteiger partial charge in [-0.3, -0.25) is 0 Å². The summed E-state index contributed by atoms with van der Waals surface area (Å²) in [6, 6.07) is 2.68. The Morgan fingerprint density at radius 1 is 1.25 bits per heavy atom. The van der Waals surface area contributed by atoms with Crippen LogP contribution >= 0.6 is 0 Å². The molecule has 0 amide bonds. The van der Waals surface area contributed by atoms with E-state index in [0.29, 0.717) is 6.04 Å². The van der Waals surface area contributed by atoms with Crippen molar-refractivity contribution in [3.63, 3.8) is 0 Å². The quantitative estimate of drug-likeness (QED) is 0.884. The van der Waals surface area contributed by atoms with Gasteiger partial charge in [-0.2, -0.15) is 10.2 Å². The molecule has 1 N–H and O–H groups in total. The van der Waals surface area contributed by atoms with E-state index in [9.17, 15) is 0 Å². The molecule has 3 unspecified atom stereocenters. The lowest BCUT2D eigenvalue weighted by Gasteiger charge is -2.35. The van der Waals surface area contributed by atoms with Gasteiger partial charge in [0.15, 0.2) is 0 Å². The molecule has 1 fully saturated rings. The lowest BCUT2D eigenvalue weighted by atomic mass is 9.75. The summed E-state index contributed by atoms with van der Waals surface area (Å²) in [6.07, 6.45) is 6.81. The summed E-state index contributed by atoms with van der Waals surface area (Å²) in [5.41, 5.74) is 3.47. The Bertz CT molecular complexity index is 430. The van der Waals surface area contributed by atoms with Gasteiger partial charge >= 0.3 is 0 Å². The van der Waals surface area contributed by atoms with Crippen LogP contribution in [0.15, 0.2) is 6.07 Å². The molecule has 0 bridgehead atoms. The van der Waals surface area contributed by atoms with E-state index in [1.807, 2.05) is 6.92 Å². The predicted molar refractivity (Wildman–Crippen MR) is 83.7 cm³/mol. The molecule has 3 nitrogen and oxygen atoms in total. The Morgan fingerprint density at radius 3 is 2.75 bits per heavy atom. The third-order valence-electron chi connectivity index (χ3n) is 4.77. The molecule has 1 aliphatic rings. The number of rotatable bonds is 5. The second-order valence-corrected chi connectivity index (χ2v) is 6.26. The molecule has 0 spiro atoms. The van der Waals surface area contributed by atoms with Crippen LogP contribution in [0.5, 0.6) is 0 Å². The zero-order valence-electron chi connectivity index (χ0n) is 13.4. The molecule has 1 aliphatic carbocycles. The third-order valence-corrected chi connectivity index (χ3v) is 4.77. The Morgan fingerprint density at radius 2 is 2.05 bits per heavy atom. The second-order valence-electron chi connectivity index (χ2n) is 6.26. The van der Waals surface area contributed by atoms with Gasteiger partial charge in [-0.05, 0) is 56.7 Å². The van der Waals surface area contributed by atoms with Crippen LogP contribution in [-0.2, 0) is 0 Å². The summed E-state index contributed by atoms with van der Waals surface area (Å²) in [5.74, 6) is 1.65. The highest BCUT2D eigenvalue weighted by atomic mass is 15.1. The summed E-state index contributed by atoms with van der Waals surface area (Å²) < 4.78 is 0. The van der Waals surface area contributed by atoms with Crippen molar-refractivity contribution in [2.45, 2.75) is 65.8 Å². The van der Waals surface area contributed by atoms with E-state index >= 15 is 0 Å². The molecule has 112 valence electrons. The first-order chi connectivity index (χ1) is 9.65. The molecule has 2 rings (SSSR count). The Balaban J connectivity index is 2.23. The molecule has 1 heterocycles. The minimum Gasteiger partial charge on any atom is -0.310 e. The molecule has 20 heavy (non-hydrogen) atoms. The number of hydrogen-bond acceptors (Lipinski definition) is 3. The van der Waals surface area contributed by atoms with Crippen LogP contribution in [0.25, 0.3) is 0 Å². The highest BCUT2D eigenvalue weighted by Crippen LogP contribution is 2.39. The standard InChI is InChI=1S/C17H29N3/c1-5-14-8-7-9-15(11-14)17(18-6-2)16-10-12(3)19-20-13(16)4/h10,14-15,17-18H,5-9,11H2,1-4H3. The molecule has 0 aliphatic heterocycles. The maximum Gasteiger partial charge on any atom is 0.0648 e. The first-order valence-corrected chi connectivity index (χ1v) is 8.19. The number of aromatic nitrogens is 2. The van der Waals surface area contributed by atoms with Gasteiger partial charge in [-0.25, -0.2) is 0 Å². The fourth-order valence-electron chi connectivity index (χ4n) is 3.64. The van der Waals surface area contributed by atoms with Crippen molar-refractivity contribution in [1.82, 2.24) is 15.5 Å². The lowest BCUT2D eigenvalue weighted by molar-refractivity contribution is 0.210. The minimum atomic E-state index is 0.448. The summed E-state index contributed by atoms with van der Waals surface area (Å²) in [5, 5.41) is 12.2. The van der Waals surface area contributed by atoms with Gasteiger partial charge in [0.25, 0.3) is 0 Å². The molecule has 1 saturated carbocycles. The van der Waals surface area contributed by atoms with Crippen LogP contribution in [0.2, 0.25) is 0 Å². The van der Waals surface area contributed by atoms with Gasteiger partial charge in [0.1, 0.15) is 0 Å². The van der Waals surface area contributed by atoms with E-state index in [1.54, 1.807) is 0 Å². The average molecular weight is 275 g/mol. The van der Waals surface area contributed by atoms with Gasteiger partial charge in [-0.15, -0.1) is 0 Å². The van der Waals surface area contributed by atoms with Gasteiger partial charge in [0, 0.05) is 6.04 Å². The van der Waals surface area contributed by atoms with E-state index < -0.39 is 0 Å². The number of nitrogens with zero attached hydrogens (tertiary/aromatic N) is 2. The van der Waals surface area contributed by atoms with Gasteiger partial charge in [0.2, 0.25) is 0 Å². The Kier molecular flexibility index (Phi) is 5.53. The van der Waals surface area contributed by atoms with Crippen LogP contribution in [0.4, 0.5) is 0 Å². The number of aryl methyl sites for hydroxylation is 2. The molecule has 0 saturated heterocycles. The summed E-state index contributed by atoms with van der Waals surface area (Å²) >= 11 is 0. The maximum absolute atomic E-state index is 4.33. The second kappa shape index (κ2) is 7.16. The van der Waals surface area contributed by atoms with Gasteiger partial charge in [0.05, 0.1) is 11.4 Å². The van der Waals surface area contributed by atoms with Crippen molar-refractivity contribution in [2.75, 3.05) is 6.54 Å². The highest BCUT2D eigenvalue weighted by Gasteiger charge is 2.29. The summed E-state index contributed by atoms with van der Waals surface area (Å²) in [7, 11) is 0. The molecular formula is C17H29N3. The predicted octanol–water partition coefficient (Wildman–Crippen LogP) is 3.96. The van der Waals surface area contributed by atoms with Gasteiger partial charge in [-0.1, -0.05) is 33.1 Å². The number of hydrogen-bond donors (Lipinski definition) is 1. The number of nitrogens with one attached hydrogen (secondary N) is 1. The molecule has 0 aromatic carbocycles. The smallest absolute Gasteiger partial charge is 0.0648 e. The topological polar surface area (TPSA) is 37.8 Å². The maximum atomic E-state index is 4.33. The van der Waals surface area contributed by atoms with Crippen molar-refractivity contribution in [2.24, 2.45) is 11.8 Å². The van der Waals surface area contributed by atoms with E-state index in [0.717, 1.165) is 29.8 Å². The molecule has 3 heteroatoms. The third kappa shape index (κ3) is 3.57. The molecular weight excluding hydrogens is 246 g/mol. The Hall–Kier alpha value is -0.960. The largest absolute Gasteiger partial charge is 0.310 e. The van der Waals surface area contributed by atoms with Crippen molar-refractivity contribution in [3.8, 4) is 0 Å². The van der Waals surface area contributed by atoms with Crippen LogP contribution in [-0.4, -0.2) is 16.7 Å². The molecule has 1 aromatic rings. The first kappa shape index (κ1) is 15.4. The van der Waals surface area contributed by atoms with Crippen LogP contribution < -0.4 is 5.32 Å². The Labute approximate surface area is 123 Å². The van der Waals surface area contributed by atoms with E-state index in [-0.39, 0.29) is 0 Å². The van der Waals surface area contributed by atoms with Crippen molar-refractivity contribution < 1.29 is 0 Å². The molecule has 1 aromatic heterocycles. The van der Waals surface area contributed by atoms with Crippen LogP contribution in [0.3, 0.4) is 0 Å². The van der Waals surface area contributed by atoms with E-state index in [4.69, 9.17) is 0 Å². The molecule has 3 atom stereocenters. The fraction of sp³-hybridized carbons (Fsp3) is 0.765. The van der Waals surface area contributed by atoms with Crippen LogP contribution in [0.1, 0.15) is 68.9 Å². The summed E-state index contributed by atoms with van der Waals surface area (Å²) in [6.45, 7) is 9.67. The summed E-state index contributed by atoms with van der Waals surface area (Å²) in [4.78, 5) is 0. The zero-order chi connectivity index (χ0) is 14.5.